The first kappa shape index (κ1) is 11.1. The Bertz CT molecular complexity index is 590. The molecule has 1 aliphatic heterocycles. The zero-order chi connectivity index (χ0) is 12.7. The van der Waals surface area contributed by atoms with Gasteiger partial charge in [-0.3, -0.25) is 0 Å². The summed E-state index contributed by atoms with van der Waals surface area (Å²) in [4.78, 5) is 0. The van der Waals surface area contributed by atoms with E-state index in [1.165, 1.54) is 18.2 Å². The van der Waals surface area contributed by atoms with Gasteiger partial charge < -0.3 is 5.32 Å². The van der Waals surface area contributed by atoms with E-state index in [4.69, 9.17) is 0 Å². The van der Waals surface area contributed by atoms with Crippen LogP contribution in [0.15, 0.2) is 36.4 Å². The fourth-order valence-corrected chi connectivity index (χ4v) is 2.32. The van der Waals surface area contributed by atoms with Crippen molar-refractivity contribution in [1.82, 2.24) is 0 Å². The van der Waals surface area contributed by atoms with Crippen molar-refractivity contribution in [3.63, 3.8) is 0 Å². The fraction of sp³-hybridized carbons (Fsp3) is 0.143. The molecule has 0 bridgehead atoms. The predicted octanol–water partition coefficient (Wildman–Crippen LogP) is 3.81. The molecule has 2 aromatic rings. The van der Waals surface area contributed by atoms with Crippen LogP contribution >= 0.6 is 0 Å². The lowest BCUT2D eigenvalue weighted by Gasteiger charge is -2.11. The Kier molecular flexibility index (Phi) is 2.51. The zero-order valence-corrected chi connectivity index (χ0v) is 9.38. The summed E-state index contributed by atoms with van der Waals surface area (Å²) < 4.78 is 39.8. The smallest absolute Gasteiger partial charge is 0.128 e. The Morgan fingerprint density at radius 3 is 2.39 bits per heavy atom. The van der Waals surface area contributed by atoms with Gasteiger partial charge in [0.1, 0.15) is 17.5 Å². The van der Waals surface area contributed by atoms with Crippen molar-refractivity contribution < 1.29 is 13.2 Å². The van der Waals surface area contributed by atoms with E-state index in [2.05, 4.69) is 5.32 Å². The normalized spacial score (nSPS) is 17.4. The molecule has 0 aromatic heterocycles. The standard InChI is InChI=1S/C14H10F3N/c15-9-4-8(5-10(16)6-9)14-7-11-12(17)2-1-3-13(11)18-14/h1-6,14,18H,7H2. The molecule has 1 unspecified atom stereocenters. The number of halogens is 3. The lowest BCUT2D eigenvalue weighted by molar-refractivity contribution is 0.575. The van der Waals surface area contributed by atoms with Crippen molar-refractivity contribution in [1.29, 1.82) is 0 Å². The molecule has 1 aliphatic rings. The molecule has 92 valence electrons. The van der Waals surface area contributed by atoms with Crippen LogP contribution in [-0.4, -0.2) is 0 Å². The first-order chi connectivity index (χ1) is 8.63. The van der Waals surface area contributed by atoms with Crippen molar-refractivity contribution in [2.24, 2.45) is 0 Å². The van der Waals surface area contributed by atoms with Crippen LogP contribution in [0.2, 0.25) is 0 Å². The molecule has 0 saturated heterocycles. The number of rotatable bonds is 1. The number of hydrogen-bond acceptors (Lipinski definition) is 1. The summed E-state index contributed by atoms with van der Waals surface area (Å²) >= 11 is 0. The topological polar surface area (TPSA) is 12.0 Å². The monoisotopic (exact) mass is 249 g/mol. The molecule has 0 radical (unpaired) electrons. The van der Waals surface area contributed by atoms with Crippen LogP contribution in [0.25, 0.3) is 0 Å². The highest BCUT2D eigenvalue weighted by atomic mass is 19.1. The Morgan fingerprint density at radius 2 is 1.72 bits per heavy atom. The van der Waals surface area contributed by atoms with Crippen LogP contribution in [0.5, 0.6) is 0 Å². The minimum Gasteiger partial charge on any atom is -0.378 e. The van der Waals surface area contributed by atoms with Gasteiger partial charge in [0, 0.05) is 23.7 Å². The van der Waals surface area contributed by atoms with Gasteiger partial charge in [0.15, 0.2) is 0 Å². The third-order valence-corrected chi connectivity index (χ3v) is 3.14. The maximum atomic E-state index is 13.6. The summed E-state index contributed by atoms with van der Waals surface area (Å²) in [6, 6.07) is 7.82. The van der Waals surface area contributed by atoms with Gasteiger partial charge in [-0.15, -0.1) is 0 Å². The summed E-state index contributed by atoms with van der Waals surface area (Å²) in [6.45, 7) is 0. The molecule has 0 aliphatic carbocycles. The third-order valence-electron chi connectivity index (χ3n) is 3.14. The van der Waals surface area contributed by atoms with Crippen LogP contribution in [0.4, 0.5) is 18.9 Å². The molecule has 0 fully saturated rings. The summed E-state index contributed by atoms with van der Waals surface area (Å²) in [6.07, 6.45) is 0.394. The van der Waals surface area contributed by atoms with Crippen molar-refractivity contribution >= 4 is 5.69 Å². The highest BCUT2D eigenvalue weighted by Gasteiger charge is 2.25. The molecule has 18 heavy (non-hydrogen) atoms. The van der Waals surface area contributed by atoms with E-state index in [-0.39, 0.29) is 11.9 Å². The molecule has 0 amide bonds. The van der Waals surface area contributed by atoms with E-state index in [1.54, 1.807) is 12.1 Å². The maximum absolute atomic E-state index is 13.6. The molecular weight excluding hydrogens is 239 g/mol. The van der Waals surface area contributed by atoms with Gasteiger partial charge in [0.2, 0.25) is 0 Å². The van der Waals surface area contributed by atoms with E-state index < -0.39 is 11.6 Å². The van der Waals surface area contributed by atoms with E-state index in [1.807, 2.05) is 0 Å². The lowest BCUT2D eigenvalue weighted by Crippen LogP contribution is -2.06. The molecule has 4 heteroatoms. The molecule has 3 rings (SSSR count). The van der Waals surface area contributed by atoms with Crippen LogP contribution in [0.3, 0.4) is 0 Å². The van der Waals surface area contributed by atoms with Crippen molar-refractivity contribution in [3.8, 4) is 0 Å². The van der Waals surface area contributed by atoms with Crippen LogP contribution < -0.4 is 5.32 Å². The number of benzene rings is 2. The molecule has 1 nitrogen and oxygen atoms in total. The Morgan fingerprint density at radius 1 is 1.00 bits per heavy atom. The second-order valence-electron chi connectivity index (χ2n) is 4.37. The van der Waals surface area contributed by atoms with Gasteiger partial charge in [-0.25, -0.2) is 13.2 Å². The number of anilines is 1. The average molecular weight is 249 g/mol. The van der Waals surface area contributed by atoms with E-state index in [9.17, 15) is 13.2 Å². The minimum absolute atomic E-state index is 0.290. The Labute approximate surface area is 102 Å². The first-order valence-electron chi connectivity index (χ1n) is 5.63. The van der Waals surface area contributed by atoms with Gasteiger partial charge in [-0.05, 0) is 29.8 Å². The van der Waals surface area contributed by atoms with Gasteiger partial charge in [0.05, 0.1) is 6.04 Å². The second-order valence-corrected chi connectivity index (χ2v) is 4.37. The quantitative estimate of drug-likeness (QED) is 0.810. The maximum Gasteiger partial charge on any atom is 0.128 e. The number of hydrogen-bond donors (Lipinski definition) is 1. The highest BCUT2D eigenvalue weighted by molar-refractivity contribution is 5.58. The highest BCUT2D eigenvalue weighted by Crippen LogP contribution is 2.35. The van der Waals surface area contributed by atoms with Gasteiger partial charge >= 0.3 is 0 Å². The molecule has 1 N–H and O–H groups in total. The summed E-state index contributed by atoms with van der Waals surface area (Å²) in [7, 11) is 0. The van der Waals surface area contributed by atoms with Crippen molar-refractivity contribution in [3.05, 3.63) is 65.0 Å². The van der Waals surface area contributed by atoms with Crippen LogP contribution in [0, 0.1) is 17.5 Å². The van der Waals surface area contributed by atoms with Crippen LogP contribution in [-0.2, 0) is 6.42 Å². The van der Waals surface area contributed by atoms with Gasteiger partial charge in [-0.1, -0.05) is 6.07 Å². The SMILES string of the molecule is Fc1cc(F)cc(C2Cc3c(F)cccc3N2)c1. The summed E-state index contributed by atoms with van der Waals surface area (Å²) in [5.74, 6) is -1.54. The molecular formula is C14H10F3N. The average Bonchev–Trinajstić information content (AvgIpc) is 2.73. The Hall–Kier alpha value is -1.97. The lowest BCUT2D eigenvalue weighted by atomic mass is 10.0. The van der Waals surface area contributed by atoms with Gasteiger partial charge in [-0.2, -0.15) is 0 Å². The largest absolute Gasteiger partial charge is 0.378 e. The van der Waals surface area contributed by atoms with Crippen LogP contribution in [0.1, 0.15) is 17.2 Å². The fourth-order valence-electron chi connectivity index (χ4n) is 2.32. The number of nitrogens with one attached hydrogen (secondary N) is 1. The van der Waals surface area contributed by atoms with E-state index in [0.29, 0.717) is 23.2 Å². The van der Waals surface area contributed by atoms with Gasteiger partial charge in [0.25, 0.3) is 0 Å². The van der Waals surface area contributed by atoms with E-state index >= 15 is 0 Å². The van der Waals surface area contributed by atoms with E-state index in [0.717, 1.165) is 6.07 Å². The molecule has 1 atom stereocenters. The minimum atomic E-state index is -0.622. The summed E-state index contributed by atoms with van der Waals surface area (Å²) in [5, 5.41) is 3.07. The molecule has 2 aromatic carbocycles. The first-order valence-corrected chi connectivity index (χ1v) is 5.63. The van der Waals surface area contributed by atoms with Crippen molar-refractivity contribution in [2.75, 3.05) is 5.32 Å². The second kappa shape index (κ2) is 4.05. The third kappa shape index (κ3) is 1.83. The predicted molar refractivity (Wildman–Crippen MR) is 62.8 cm³/mol. The van der Waals surface area contributed by atoms with Crippen molar-refractivity contribution in [2.45, 2.75) is 12.5 Å². The molecule has 0 saturated carbocycles. The zero-order valence-electron chi connectivity index (χ0n) is 9.38. The Balaban J connectivity index is 1.96. The molecule has 0 spiro atoms. The molecule has 1 heterocycles. The summed E-state index contributed by atoms with van der Waals surface area (Å²) in [5.41, 5.74) is 1.74. The number of fused-ring (bicyclic) bond motifs is 1.